The maximum atomic E-state index is 12.2. The molecule has 0 spiro atoms. The average Bonchev–Trinajstić information content (AvgIpc) is 3.32. The molecule has 0 radical (unpaired) electrons. The Morgan fingerprint density at radius 3 is 2.52 bits per heavy atom. The van der Waals surface area contributed by atoms with Crippen molar-refractivity contribution in [3.8, 4) is 11.5 Å². The standard InChI is InChI=1S/C24H31N3O6/c1-3-32-24(28)26-21(16-25-15-17-8-11-19(12-9-17)27(29)30)18-10-13-22(31-2)23(14-18)33-20-6-4-5-7-20/h8-14,20-21,25H,3-7,15-16H2,1-2H3,(H,26,28). The number of nitrogens with one attached hydrogen (secondary N) is 2. The van der Waals surface area contributed by atoms with E-state index < -0.39 is 11.0 Å². The first-order valence-corrected chi connectivity index (χ1v) is 11.2. The van der Waals surface area contributed by atoms with Crippen LogP contribution in [0.4, 0.5) is 10.5 Å². The third-order valence-electron chi connectivity index (χ3n) is 5.58. The molecule has 1 amide bonds. The van der Waals surface area contributed by atoms with E-state index in [1.807, 2.05) is 18.2 Å². The van der Waals surface area contributed by atoms with Crippen LogP contribution in [0.5, 0.6) is 11.5 Å². The molecule has 9 heteroatoms. The lowest BCUT2D eigenvalue weighted by Crippen LogP contribution is -2.36. The van der Waals surface area contributed by atoms with E-state index >= 15 is 0 Å². The van der Waals surface area contributed by atoms with E-state index in [0.29, 0.717) is 24.6 Å². The summed E-state index contributed by atoms with van der Waals surface area (Å²) in [6.07, 6.45) is 4.03. The molecule has 0 aliphatic heterocycles. The Kier molecular flexibility index (Phi) is 8.88. The predicted octanol–water partition coefficient (Wildman–Crippen LogP) is 4.50. The number of non-ortho nitro benzene ring substituents is 1. The van der Waals surface area contributed by atoms with E-state index in [-0.39, 0.29) is 24.4 Å². The molecule has 1 fully saturated rings. The van der Waals surface area contributed by atoms with Crippen molar-refractivity contribution in [1.82, 2.24) is 10.6 Å². The highest BCUT2D eigenvalue weighted by atomic mass is 16.6. The van der Waals surface area contributed by atoms with E-state index in [0.717, 1.165) is 36.8 Å². The van der Waals surface area contributed by atoms with Gasteiger partial charge in [-0.1, -0.05) is 18.2 Å². The summed E-state index contributed by atoms with van der Waals surface area (Å²) in [6, 6.07) is 11.6. The van der Waals surface area contributed by atoms with Crippen LogP contribution in [0.2, 0.25) is 0 Å². The number of amides is 1. The molecular weight excluding hydrogens is 426 g/mol. The molecule has 1 unspecified atom stereocenters. The van der Waals surface area contributed by atoms with Crippen LogP contribution in [0.15, 0.2) is 42.5 Å². The number of ether oxygens (including phenoxy) is 3. The van der Waals surface area contributed by atoms with E-state index in [9.17, 15) is 14.9 Å². The number of hydrogen-bond acceptors (Lipinski definition) is 7. The van der Waals surface area contributed by atoms with Gasteiger partial charge in [0.2, 0.25) is 0 Å². The van der Waals surface area contributed by atoms with Gasteiger partial charge in [-0.15, -0.1) is 0 Å². The van der Waals surface area contributed by atoms with Crippen molar-refractivity contribution in [2.45, 2.75) is 51.3 Å². The van der Waals surface area contributed by atoms with Crippen LogP contribution in [0.1, 0.15) is 49.8 Å². The van der Waals surface area contributed by atoms with Crippen molar-refractivity contribution in [3.63, 3.8) is 0 Å². The monoisotopic (exact) mass is 457 g/mol. The summed E-state index contributed by atoms with van der Waals surface area (Å²) in [5, 5.41) is 17.0. The minimum atomic E-state index is -0.506. The third kappa shape index (κ3) is 7.08. The van der Waals surface area contributed by atoms with Crippen LogP contribution in [-0.2, 0) is 11.3 Å². The van der Waals surface area contributed by atoms with Gasteiger partial charge in [0.05, 0.1) is 30.8 Å². The number of rotatable bonds is 11. The number of benzene rings is 2. The van der Waals surface area contributed by atoms with Gasteiger partial charge in [-0.2, -0.15) is 0 Å². The number of carbonyl (C=O) groups is 1. The summed E-state index contributed by atoms with van der Waals surface area (Å²) in [4.78, 5) is 22.6. The van der Waals surface area contributed by atoms with Crippen LogP contribution in [0.3, 0.4) is 0 Å². The minimum Gasteiger partial charge on any atom is -0.493 e. The molecule has 2 aromatic carbocycles. The summed E-state index contributed by atoms with van der Waals surface area (Å²) in [5.74, 6) is 1.31. The molecule has 2 aromatic rings. The lowest BCUT2D eigenvalue weighted by molar-refractivity contribution is -0.384. The average molecular weight is 458 g/mol. The lowest BCUT2D eigenvalue weighted by atomic mass is 10.1. The highest BCUT2D eigenvalue weighted by Gasteiger charge is 2.21. The zero-order valence-corrected chi connectivity index (χ0v) is 19.0. The Morgan fingerprint density at radius 2 is 1.88 bits per heavy atom. The van der Waals surface area contributed by atoms with Gasteiger partial charge in [0.15, 0.2) is 11.5 Å². The van der Waals surface area contributed by atoms with Crippen molar-refractivity contribution in [1.29, 1.82) is 0 Å². The smallest absolute Gasteiger partial charge is 0.407 e. The fourth-order valence-electron chi connectivity index (χ4n) is 3.85. The summed E-state index contributed by atoms with van der Waals surface area (Å²) >= 11 is 0. The molecule has 0 heterocycles. The molecule has 0 saturated heterocycles. The Balaban J connectivity index is 1.72. The van der Waals surface area contributed by atoms with Gasteiger partial charge in [0.1, 0.15) is 0 Å². The summed E-state index contributed by atoms with van der Waals surface area (Å²) < 4.78 is 16.8. The second-order valence-electron chi connectivity index (χ2n) is 7.91. The first kappa shape index (κ1) is 24.3. The number of nitro groups is 1. The Morgan fingerprint density at radius 1 is 1.15 bits per heavy atom. The van der Waals surface area contributed by atoms with Crippen LogP contribution in [0.25, 0.3) is 0 Å². The quantitative estimate of drug-likeness (QED) is 0.377. The van der Waals surface area contributed by atoms with Crippen LogP contribution >= 0.6 is 0 Å². The van der Waals surface area contributed by atoms with Crippen molar-refractivity contribution in [2.75, 3.05) is 20.3 Å². The number of nitrogens with zero attached hydrogens (tertiary/aromatic N) is 1. The van der Waals surface area contributed by atoms with Crippen LogP contribution in [0, 0.1) is 10.1 Å². The number of nitro benzene ring substituents is 1. The lowest BCUT2D eigenvalue weighted by Gasteiger charge is -2.22. The second kappa shape index (κ2) is 12.1. The SMILES string of the molecule is CCOC(=O)NC(CNCc1ccc([N+](=O)[O-])cc1)c1ccc(OC)c(OC2CCCC2)c1. The molecule has 3 rings (SSSR count). The maximum Gasteiger partial charge on any atom is 0.407 e. The highest BCUT2D eigenvalue weighted by molar-refractivity contribution is 5.68. The van der Waals surface area contributed by atoms with Crippen molar-refractivity contribution in [3.05, 3.63) is 63.7 Å². The van der Waals surface area contributed by atoms with Crippen molar-refractivity contribution < 1.29 is 23.9 Å². The second-order valence-corrected chi connectivity index (χ2v) is 7.91. The number of alkyl carbamates (subject to hydrolysis) is 1. The molecule has 9 nitrogen and oxygen atoms in total. The zero-order valence-electron chi connectivity index (χ0n) is 19.0. The van der Waals surface area contributed by atoms with E-state index in [1.54, 1.807) is 26.2 Å². The number of methoxy groups -OCH3 is 1. The Hall–Kier alpha value is -3.33. The van der Waals surface area contributed by atoms with Crippen molar-refractivity contribution in [2.24, 2.45) is 0 Å². The van der Waals surface area contributed by atoms with E-state index in [2.05, 4.69) is 10.6 Å². The molecular formula is C24H31N3O6. The molecule has 33 heavy (non-hydrogen) atoms. The van der Waals surface area contributed by atoms with Crippen LogP contribution in [-0.4, -0.2) is 37.4 Å². The number of hydrogen-bond donors (Lipinski definition) is 2. The third-order valence-corrected chi connectivity index (χ3v) is 5.58. The van der Waals surface area contributed by atoms with Gasteiger partial charge in [-0.05, 0) is 55.9 Å². The molecule has 1 atom stereocenters. The van der Waals surface area contributed by atoms with Gasteiger partial charge in [-0.25, -0.2) is 4.79 Å². The van der Waals surface area contributed by atoms with Crippen LogP contribution < -0.4 is 20.1 Å². The van der Waals surface area contributed by atoms with Gasteiger partial charge in [0.25, 0.3) is 5.69 Å². The first-order chi connectivity index (χ1) is 16.0. The summed E-state index contributed by atoms with van der Waals surface area (Å²) in [7, 11) is 1.61. The Labute approximate surface area is 193 Å². The number of carbonyl (C=O) groups excluding carboxylic acids is 1. The molecule has 2 N–H and O–H groups in total. The minimum absolute atomic E-state index is 0.0497. The Bertz CT molecular complexity index is 928. The normalized spacial score (nSPS) is 14.5. The van der Waals surface area contributed by atoms with E-state index in [4.69, 9.17) is 14.2 Å². The summed E-state index contributed by atoms with van der Waals surface area (Å²) in [5.41, 5.74) is 1.80. The highest BCUT2D eigenvalue weighted by Crippen LogP contribution is 2.34. The topological polar surface area (TPSA) is 112 Å². The van der Waals surface area contributed by atoms with Gasteiger partial charge >= 0.3 is 6.09 Å². The molecule has 1 saturated carbocycles. The van der Waals surface area contributed by atoms with E-state index in [1.165, 1.54) is 12.1 Å². The fourth-order valence-corrected chi connectivity index (χ4v) is 3.85. The largest absolute Gasteiger partial charge is 0.493 e. The first-order valence-electron chi connectivity index (χ1n) is 11.2. The van der Waals surface area contributed by atoms with Gasteiger partial charge in [0, 0.05) is 25.2 Å². The molecule has 0 bridgehead atoms. The molecule has 178 valence electrons. The molecule has 0 aromatic heterocycles. The maximum absolute atomic E-state index is 12.2. The van der Waals surface area contributed by atoms with Gasteiger partial charge in [-0.3, -0.25) is 10.1 Å². The zero-order chi connectivity index (χ0) is 23.6. The fraction of sp³-hybridized carbons (Fsp3) is 0.458. The molecule has 1 aliphatic carbocycles. The predicted molar refractivity (Wildman–Crippen MR) is 124 cm³/mol. The summed E-state index contributed by atoms with van der Waals surface area (Å²) in [6.45, 7) is 2.93. The molecule has 1 aliphatic rings. The van der Waals surface area contributed by atoms with Crippen molar-refractivity contribution >= 4 is 11.8 Å². The van der Waals surface area contributed by atoms with Gasteiger partial charge < -0.3 is 24.8 Å².